The fourth-order valence-corrected chi connectivity index (χ4v) is 5.90. The molecule has 1 aromatic rings. The summed E-state index contributed by atoms with van der Waals surface area (Å²) in [5.41, 5.74) is 1.52. The van der Waals surface area contributed by atoms with Crippen LogP contribution in [0, 0.1) is 34.5 Å². The lowest BCUT2D eigenvalue weighted by atomic mass is 9.49. The molecule has 4 nitrogen and oxygen atoms in total. The largest absolute Gasteiger partial charge is 0.324 e. The van der Waals surface area contributed by atoms with Gasteiger partial charge >= 0.3 is 0 Å². The molecule has 1 atom stereocenters. The van der Waals surface area contributed by atoms with Crippen LogP contribution in [0.25, 0.3) is 0 Å². The number of carbonyl (C=O) groups excluding carboxylic acids is 1. The monoisotopic (exact) mass is 337 g/mol. The number of nitrogens with one attached hydrogen (secondary N) is 2. The molecule has 25 heavy (non-hydrogen) atoms. The minimum atomic E-state index is -0.250. The van der Waals surface area contributed by atoms with E-state index in [0.29, 0.717) is 16.7 Å². The smallest absolute Gasteiger partial charge is 0.241 e. The zero-order valence-electron chi connectivity index (χ0n) is 14.9. The van der Waals surface area contributed by atoms with Crippen LogP contribution in [0.1, 0.15) is 51.0 Å². The second-order valence-corrected chi connectivity index (χ2v) is 8.67. The average molecular weight is 337 g/mol. The number of nitrogens with zero attached hydrogens (tertiary/aromatic N) is 1. The molecule has 4 aliphatic rings. The van der Waals surface area contributed by atoms with Crippen LogP contribution in [-0.2, 0) is 4.79 Å². The Morgan fingerprint density at radius 1 is 1.20 bits per heavy atom. The maximum Gasteiger partial charge on any atom is 0.241 e. The second-order valence-electron chi connectivity index (χ2n) is 8.67. The standard InChI is InChI=1S/C21H27N3O/c1-14(20(25)24-19-5-3-2-4-18(19)12-22)23-13-21-9-15-6-16(10-21)8-17(7-15)11-21/h2-5,14-17,23H,6-11,13H2,1H3,(H,24,25)/t14-,15?,16?,17?,21?/m1/s1. The maximum atomic E-state index is 12.5. The van der Waals surface area contributed by atoms with Crippen LogP contribution in [0.15, 0.2) is 24.3 Å². The molecule has 4 fully saturated rings. The summed E-state index contributed by atoms with van der Waals surface area (Å²) >= 11 is 0. The lowest BCUT2D eigenvalue weighted by Gasteiger charge is -2.57. The van der Waals surface area contributed by atoms with Gasteiger partial charge in [0, 0.05) is 6.54 Å². The van der Waals surface area contributed by atoms with Crippen molar-refractivity contribution in [2.75, 3.05) is 11.9 Å². The Hall–Kier alpha value is -1.86. The third kappa shape index (κ3) is 3.30. The fraction of sp³-hybridized carbons (Fsp3) is 0.619. The molecule has 0 saturated heterocycles. The van der Waals surface area contributed by atoms with Gasteiger partial charge in [-0.15, -0.1) is 0 Å². The molecule has 0 radical (unpaired) electrons. The Balaban J connectivity index is 1.35. The zero-order valence-corrected chi connectivity index (χ0v) is 14.9. The number of carbonyl (C=O) groups is 1. The van der Waals surface area contributed by atoms with Gasteiger partial charge in [-0.2, -0.15) is 5.26 Å². The summed E-state index contributed by atoms with van der Waals surface area (Å²) in [4.78, 5) is 12.5. The van der Waals surface area contributed by atoms with E-state index >= 15 is 0 Å². The van der Waals surface area contributed by atoms with E-state index < -0.39 is 0 Å². The summed E-state index contributed by atoms with van der Waals surface area (Å²) in [5.74, 6) is 2.73. The highest BCUT2D eigenvalue weighted by molar-refractivity contribution is 5.95. The number of nitriles is 1. The number of hydrogen-bond donors (Lipinski definition) is 2. The zero-order chi connectivity index (χ0) is 17.4. The molecule has 0 unspecified atom stereocenters. The topological polar surface area (TPSA) is 64.9 Å². The lowest BCUT2D eigenvalue weighted by Crippen LogP contribution is -2.52. The van der Waals surface area contributed by atoms with E-state index in [4.69, 9.17) is 5.26 Å². The molecular formula is C21H27N3O. The van der Waals surface area contributed by atoms with Crippen LogP contribution in [0.2, 0.25) is 0 Å². The lowest BCUT2D eigenvalue weighted by molar-refractivity contribution is -0.118. The fourth-order valence-electron chi connectivity index (χ4n) is 5.90. The molecule has 1 aromatic carbocycles. The molecule has 0 spiro atoms. The van der Waals surface area contributed by atoms with E-state index in [1.165, 1.54) is 38.5 Å². The molecular weight excluding hydrogens is 310 g/mol. The Labute approximate surface area is 150 Å². The average Bonchev–Trinajstić information content (AvgIpc) is 2.59. The van der Waals surface area contributed by atoms with Gasteiger partial charge in [-0.1, -0.05) is 12.1 Å². The van der Waals surface area contributed by atoms with Gasteiger partial charge in [0.15, 0.2) is 0 Å². The molecule has 2 N–H and O–H groups in total. The van der Waals surface area contributed by atoms with Crippen molar-refractivity contribution >= 4 is 11.6 Å². The van der Waals surface area contributed by atoms with Crippen molar-refractivity contribution in [3.05, 3.63) is 29.8 Å². The van der Waals surface area contributed by atoms with Crippen molar-refractivity contribution in [1.29, 1.82) is 5.26 Å². The van der Waals surface area contributed by atoms with Gasteiger partial charge in [-0.3, -0.25) is 4.79 Å². The van der Waals surface area contributed by atoms with E-state index in [-0.39, 0.29) is 11.9 Å². The van der Waals surface area contributed by atoms with E-state index in [0.717, 1.165) is 24.3 Å². The molecule has 0 heterocycles. The molecule has 0 aromatic heterocycles. The summed E-state index contributed by atoms with van der Waals surface area (Å²) in [6.07, 6.45) is 8.37. The minimum absolute atomic E-state index is 0.0626. The molecule has 4 saturated carbocycles. The number of benzene rings is 1. The SMILES string of the molecule is C[C@@H](NCC12CC3CC(CC(C3)C1)C2)C(=O)Nc1ccccc1C#N. The highest BCUT2D eigenvalue weighted by atomic mass is 16.2. The van der Waals surface area contributed by atoms with Gasteiger partial charge in [0.25, 0.3) is 0 Å². The second kappa shape index (κ2) is 6.46. The number of para-hydroxylation sites is 1. The van der Waals surface area contributed by atoms with Crippen molar-refractivity contribution in [2.45, 2.75) is 51.5 Å². The van der Waals surface area contributed by atoms with Crippen LogP contribution in [-0.4, -0.2) is 18.5 Å². The third-order valence-electron chi connectivity index (χ3n) is 6.65. The van der Waals surface area contributed by atoms with Crippen LogP contribution in [0.4, 0.5) is 5.69 Å². The van der Waals surface area contributed by atoms with Gasteiger partial charge in [0.2, 0.25) is 5.91 Å². The van der Waals surface area contributed by atoms with Crippen molar-refractivity contribution in [1.82, 2.24) is 5.32 Å². The van der Waals surface area contributed by atoms with E-state index in [1.54, 1.807) is 12.1 Å². The van der Waals surface area contributed by atoms with Crippen LogP contribution in [0.5, 0.6) is 0 Å². The van der Waals surface area contributed by atoms with Gasteiger partial charge in [-0.05, 0) is 80.8 Å². The Kier molecular flexibility index (Phi) is 4.29. The van der Waals surface area contributed by atoms with Crippen LogP contribution < -0.4 is 10.6 Å². The molecule has 4 aliphatic carbocycles. The first-order chi connectivity index (χ1) is 12.1. The molecule has 1 amide bonds. The first-order valence-corrected chi connectivity index (χ1v) is 9.60. The van der Waals surface area contributed by atoms with Gasteiger partial charge in [-0.25, -0.2) is 0 Å². The van der Waals surface area contributed by atoms with Gasteiger partial charge < -0.3 is 10.6 Å². The van der Waals surface area contributed by atoms with Crippen LogP contribution in [0.3, 0.4) is 0 Å². The summed E-state index contributed by atoms with van der Waals surface area (Å²) in [5, 5.41) is 15.6. The highest BCUT2D eigenvalue weighted by Crippen LogP contribution is 2.59. The summed E-state index contributed by atoms with van der Waals surface area (Å²) in [6, 6.07) is 9.03. The molecule has 5 rings (SSSR count). The van der Waals surface area contributed by atoms with E-state index in [2.05, 4.69) is 16.7 Å². The summed E-state index contributed by atoms with van der Waals surface area (Å²) in [6.45, 7) is 2.87. The number of rotatable bonds is 5. The quantitative estimate of drug-likeness (QED) is 0.861. The molecule has 4 heteroatoms. The summed E-state index contributed by atoms with van der Waals surface area (Å²) < 4.78 is 0. The Bertz CT molecular complexity index is 670. The molecule has 4 bridgehead atoms. The predicted octanol–water partition coefficient (Wildman–Crippen LogP) is 3.69. The Morgan fingerprint density at radius 2 is 1.80 bits per heavy atom. The van der Waals surface area contributed by atoms with Gasteiger partial charge in [0.1, 0.15) is 6.07 Å². The molecule has 0 aliphatic heterocycles. The third-order valence-corrected chi connectivity index (χ3v) is 6.65. The van der Waals surface area contributed by atoms with Crippen molar-refractivity contribution in [2.24, 2.45) is 23.2 Å². The predicted molar refractivity (Wildman–Crippen MR) is 97.9 cm³/mol. The number of anilines is 1. The van der Waals surface area contributed by atoms with E-state index in [9.17, 15) is 4.79 Å². The maximum absolute atomic E-state index is 12.5. The first kappa shape index (κ1) is 16.6. The number of hydrogen-bond acceptors (Lipinski definition) is 3. The minimum Gasteiger partial charge on any atom is -0.324 e. The van der Waals surface area contributed by atoms with Crippen molar-refractivity contribution in [3.63, 3.8) is 0 Å². The molecule has 132 valence electrons. The highest BCUT2D eigenvalue weighted by Gasteiger charge is 2.50. The Morgan fingerprint density at radius 3 is 2.40 bits per heavy atom. The van der Waals surface area contributed by atoms with Crippen molar-refractivity contribution in [3.8, 4) is 6.07 Å². The van der Waals surface area contributed by atoms with E-state index in [1.807, 2.05) is 19.1 Å². The number of amides is 1. The summed E-state index contributed by atoms with van der Waals surface area (Å²) in [7, 11) is 0. The van der Waals surface area contributed by atoms with Crippen molar-refractivity contribution < 1.29 is 4.79 Å². The normalized spacial score (nSPS) is 33.7. The van der Waals surface area contributed by atoms with Gasteiger partial charge in [0.05, 0.1) is 17.3 Å². The first-order valence-electron chi connectivity index (χ1n) is 9.60. The van der Waals surface area contributed by atoms with Crippen LogP contribution >= 0.6 is 0 Å².